The first-order valence-corrected chi connectivity index (χ1v) is 16.6. The van der Waals surface area contributed by atoms with Gasteiger partial charge in [-0.25, -0.2) is 9.97 Å². The van der Waals surface area contributed by atoms with E-state index in [1.54, 1.807) is 6.07 Å². The van der Waals surface area contributed by atoms with E-state index in [1.807, 2.05) is 32.2 Å². The zero-order valence-electron chi connectivity index (χ0n) is 26.3. The Hall–Kier alpha value is -4.01. The van der Waals surface area contributed by atoms with Crippen molar-refractivity contribution in [3.8, 4) is 6.07 Å². The molecule has 4 aromatic heterocycles. The monoisotopic (exact) mass is 643 g/mol. The highest BCUT2D eigenvalue weighted by molar-refractivity contribution is 7.18. The Morgan fingerprint density at radius 2 is 1.83 bits per heavy atom. The highest BCUT2D eigenvalue weighted by atomic mass is 32.1. The van der Waals surface area contributed by atoms with E-state index in [-0.39, 0.29) is 10.3 Å². The lowest BCUT2D eigenvalue weighted by Crippen LogP contribution is -2.31. The Labute approximate surface area is 270 Å². The molecule has 11 heteroatoms. The number of aryl methyl sites for hydroxylation is 5. The smallest absolute Gasteiger partial charge is 0.355 e. The molecular formula is C35H36F3N7S. The average Bonchev–Trinajstić information content (AvgIpc) is 3.78. The summed E-state index contributed by atoms with van der Waals surface area (Å²) in [5, 5.41) is 11.8. The number of benzene rings is 1. The van der Waals surface area contributed by atoms with Crippen LogP contribution in [0.3, 0.4) is 0 Å². The van der Waals surface area contributed by atoms with Gasteiger partial charge < -0.3 is 9.47 Å². The topological polar surface area (TPSA) is 73.9 Å². The van der Waals surface area contributed by atoms with Crippen LogP contribution < -0.4 is 4.90 Å². The van der Waals surface area contributed by atoms with Crippen molar-refractivity contribution in [2.45, 2.75) is 65.7 Å². The van der Waals surface area contributed by atoms with Crippen molar-refractivity contribution < 1.29 is 13.2 Å². The van der Waals surface area contributed by atoms with Crippen molar-refractivity contribution in [3.05, 3.63) is 81.4 Å². The van der Waals surface area contributed by atoms with Gasteiger partial charge in [0, 0.05) is 65.8 Å². The third kappa shape index (κ3) is 5.96. The van der Waals surface area contributed by atoms with E-state index >= 15 is 0 Å². The van der Waals surface area contributed by atoms with Gasteiger partial charge in [0.1, 0.15) is 28.2 Å². The Balaban J connectivity index is 1.06. The number of halogens is 3. The SMILES string of the molecule is Cc1ccc(CCn2c(C#N)cc3c(C)c(CN4CCC5(CCN(c6nc(C)nc7sc(CC(F)(F)F)cc67)C5)C4)ccc32)cn1. The predicted molar refractivity (Wildman–Crippen MR) is 175 cm³/mol. The fraction of sp³-hybridized carbons (Fsp3) is 0.429. The van der Waals surface area contributed by atoms with E-state index in [0.717, 1.165) is 96.7 Å². The lowest BCUT2D eigenvalue weighted by Gasteiger charge is -2.26. The molecule has 0 saturated carbocycles. The minimum atomic E-state index is -4.25. The standard InChI is InChI=1S/C35H36F3N7S/c1-22-4-5-25(18-40-22)8-11-45-27(17-39)14-29-23(2)26(6-7-31(29)45)19-43-12-9-34(20-43)10-13-44(21-34)32-30-15-28(16-35(36,37)38)46-33(30)42-24(3)41-32/h4-7,14-15,18H,8-13,16,19-21H2,1-3H3. The molecule has 0 bridgehead atoms. The lowest BCUT2D eigenvalue weighted by atomic mass is 9.86. The number of fused-ring (bicyclic) bond motifs is 2. The van der Waals surface area contributed by atoms with Crippen LogP contribution in [0.25, 0.3) is 21.1 Å². The van der Waals surface area contributed by atoms with Gasteiger partial charge in [-0.05, 0) is 87.5 Å². The molecule has 0 N–H and O–H groups in total. The molecule has 6 heterocycles. The number of pyridine rings is 1. The molecule has 2 aliphatic rings. The van der Waals surface area contributed by atoms with Gasteiger partial charge in [0.15, 0.2) is 0 Å². The number of rotatable bonds is 7. The highest BCUT2D eigenvalue weighted by Crippen LogP contribution is 2.44. The molecule has 5 aromatic rings. The van der Waals surface area contributed by atoms with Crippen LogP contribution in [0, 0.1) is 37.5 Å². The van der Waals surface area contributed by atoms with Crippen LogP contribution in [0.2, 0.25) is 0 Å². The van der Waals surface area contributed by atoms with Gasteiger partial charge in [-0.1, -0.05) is 12.1 Å². The lowest BCUT2D eigenvalue weighted by molar-refractivity contribution is -0.126. The van der Waals surface area contributed by atoms with Crippen LogP contribution in [0.15, 0.2) is 42.6 Å². The molecule has 2 aliphatic heterocycles. The van der Waals surface area contributed by atoms with Gasteiger partial charge in [-0.2, -0.15) is 18.4 Å². The molecule has 7 nitrogen and oxygen atoms in total. The third-order valence-corrected chi connectivity index (χ3v) is 10.8. The molecular weight excluding hydrogens is 607 g/mol. The van der Waals surface area contributed by atoms with Gasteiger partial charge in [0.05, 0.1) is 11.8 Å². The van der Waals surface area contributed by atoms with Crippen molar-refractivity contribution in [2.75, 3.05) is 31.1 Å². The molecule has 1 unspecified atom stereocenters. The normalized spacial score (nSPS) is 18.8. The number of nitrogens with zero attached hydrogens (tertiary/aromatic N) is 7. The Bertz CT molecular complexity index is 1970. The van der Waals surface area contributed by atoms with Crippen LogP contribution in [-0.2, 0) is 25.9 Å². The summed E-state index contributed by atoms with van der Waals surface area (Å²) in [5.74, 6) is 1.35. The summed E-state index contributed by atoms with van der Waals surface area (Å²) in [5.41, 5.74) is 6.51. The zero-order valence-corrected chi connectivity index (χ0v) is 27.1. The molecule has 0 amide bonds. The second kappa shape index (κ2) is 11.7. The van der Waals surface area contributed by atoms with Gasteiger partial charge >= 0.3 is 6.18 Å². The first-order chi connectivity index (χ1) is 22.0. The van der Waals surface area contributed by atoms with E-state index in [9.17, 15) is 18.4 Å². The zero-order chi connectivity index (χ0) is 32.2. The minimum absolute atomic E-state index is 0.121. The number of likely N-dealkylation sites (tertiary alicyclic amines) is 1. The molecule has 0 radical (unpaired) electrons. The molecule has 1 aromatic carbocycles. The quantitative estimate of drug-likeness (QED) is 0.186. The van der Waals surface area contributed by atoms with Crippen molar-refractivity contribution >= 4 is 38.3 Å². The van der Waals surface area contributed by atoms with Crippen molar-refractivity contribution in [1.82, 2.24) is 24.4 Å². The van der Waals surface area contributed by atoms with Gasteiger partial charge in [0.25, 0.3) is 0 Å². The summed E-state index contributed by atoms with van der Waals surface area (Å²) in [4.78, 5) is 19.3. The summed E-state index contributed by atoms with van der Waals surface area (Å²) in [6.07, 6.45) is -0.376. The fourth-order valence-corrected chi connectivity index (χ4v) is 8.45. The summed E-state index contributed by atoms with van der Waals surface area (Å²) in [7, 11) is 0. The number of alkyl halides is 3. The van der Waals surface area contributed by atoms with Crippen molar-refractivity contribution in [1.29, 1.82) is 5.26 Å². The average molecular weight is 644 g/mol. The van der Waals surface area contributed by atoms with Crippen LogP contribution in [0.4, 0.5) is 19.0 Å². The molecule has 1 spiro atoms. The first-order valence-electron chi connectivity index (χ1n) is 15.7. The molecule has 0 aliphatic carbocycles. The maximum atomic E-state index is 13.1. The van der Waals surface area contributed by atoms with Gasteiger partial charge in [0.2, 0.25) is 0 Å². The maximum absolute atomic E-state index is 13.1. The molecule has 7 rings (SSSR count). The van der Waals surface area contributed by atoms with E-state index in [1.165, 1.54) is 11.1 Å². The van der Waals surface area contributed by atoms with Gasteiger partial charge in [-0.3, -0.25) is 9.88 Å². The molecule has 1 atom stereocenters. The van der Waals surface area contributed by atoms with Crippen LogP contribution >= 0.6 is 11.3 Å². The molecule has 2 fully saturated rings. The number of anilines is 1. The van der Waals surface area contributed by atoms with Crippen LogP contribution in [0.5, 0.6) is 0 Å². The van der Waals surface area contributed by atoms with Crippen LogP contribution in [-0.4, -0.2) is 56.8 Å². The summed E-state index contributed by atoms with van der Waals surface area (Å²) < 4.78 is 41.5. The third-order valence-electron chi connectivity index (χ3n) is 9.74. The van der Waals surface area contributed by atoms with E-state index in [2.05, 4.69) is 55.5 Å². The van der Waals surface area contributed by atoms with E-state index < -0.39 is 12.6 Å². The summed E-state index contributed by atoms with van der Waals surface area (Å²) >= 11 is 1.12. The van der Waals surface area contributed by atoms with Gasteiger partial charge in [-0.15, -0.1) is 11.3 Å². The Kier molecular flexibility index (Phi) is 7.76. The second-order valence-electron chi connectivity index (χ2n) is 13.1. The fourth-order valence-electron chi connectivity index (χ4n) is 7.35. The number of nitriles is 1. The van der Waals surface area contributed by atoms with Crippen molar-refractivity contribution in [2.24, 2.45) is 5.41 Å². The predicted octanol–water partition coefficient (Wildman–Crippen LogP) is 7.29. The summed E-state index contributed by atoms with van der Waals surface area (Å²) in [6.45, 7) is 11.1. The molecule has 238 valence electrons. The summed E-state index contributed by atoms with van der Waals surface area (Å²) in [6, 6.07) is 14.6. The molecule has 2 saturated heterocycles. The van der Waals surface area contributed by atoms with Crippen molar-refractivity contribution in [3.63, 3.8) is 0 Å². The number of aromatic nitrogens is 4. The second-order valence-corrected chi connectivity index (χ2v) is 14.2. The highest BCUT2D eigenvalue weighted by Gasteiger charge is 2.44. The van der Waals surface area contributed by atoms with Crippen LogP contribution in [0.1, 0.15) is 51.6 Å². The van der Waals surface area contributed by atoms with E-state index in [0.29, 0.717) is 22.9 Å². The number of hydrogen-bond acceptors (Lipinski definition) is 7. The number of hydrogen-bond donors (Lipinski definition) is 0. The Morgan fingerprint density at radius 1 is 1.00 bits per heavy atom. The minimum Gasteiger partial charge on any atom is -0.355 e. The largest absolute Gasteiger partial charge is 0.393 e. The maximum Gasteiger partial charge on any atom is 0.393 e. The Morgan fingerprint density at radius 3 is 2.59 bits per heavy atom. The molecule has 46 heavy (non-hydrogen) atoms. The number of thiophene rings is 1. The van der Waals surface area contributed by atoms with E-state index in [4.69, 9.17) is 4.98 Å². The first kappa shape index (κ1) is 30.6.